The molecule has 0 bridgehead atoms. The summed E-state index contributed by atoms with van der Waals surface area (Å²) in [5, 5.41) is 0. The van der Waals surface area contributed by atoms with Gasteiger partial charge in [-0.2, -0.15) is 13.2 Å². The largest absolute Gasteiger partial charge is 0.433 e. The standard InChI is InChI=1S/C11H13F3N4.C3H8/c1-10(2,15)9-17-6-5-16-8(11(12,13)14)4-7(6)18(9)3;1-3-2/h4-5H,15H2,1-3H3;3H2,1-2H3. The van der Waals surface area contributed by atoms with E-state index in [1.54, 1.807) is 25.5 Å². The molecule has 0 aliphatic rings. The smallest absolute Gasteiger partial charge is 0.329 e. The number of hydrogen-bond donors (Lipinski definition) is 1. The third kappa shape index (κ3) is 3.93. The van der Waals surface area contributed by atoms with Crippen molar-refractivity contribution in [2.75, 3.05) is 0 Å². The summed E-state index contributed by atoms with van der Waals surface area (Å²) in [6, 6.07) is 0.984. The topological polar surface area (TPSA) is 56.7 Å². The zero-order chi connectivity index (χ0) is 16.4. The summed E-state index contributed by atoms with van der Waals surface area (Å²) in [6.45, 7) is 7.73. The predicted molar refractivity (Wildman–Crippen MR) is 76.7 cm³/mol. The van der Waals surface area contributed by atoms with Crippen LogP contribution in [-0.2, 0) is 18.8 Å². The van der Waals surface area contributed by atoms with E-state index in [2.05, 4.69) is 23.8 Å². The van der Waals surface area contributed by atoms with Gasteiger partial charge in [0.2, 0.25) is 0 Å². The van der Waals surface area contributed by atoms with Gasteiger partial charge in [0.1, 0.15) is 17.0 Å². The van der Waals surface area contributed by atoms with E-state index in [0.717, 1.165) is 12.3 Å². The molecule has 0 aliphatic heterocycles. The Morgan fingerprint density at radius 1 is 1.24 bits per heavy atom. The van der Waals surface area contributed by atoms with Crippen molar-refractivity contribution >= 4 is 11.0 Å². The fourth-order valence-corrected chi connectivity index (χ4v) is 1.83. The summed E-state index contributed by atoms with van der Waals surface area (Å²) in [7, 11) is 1.64. The first-order valence-corrected chi connectivity index (χ1v) is 6.71. The van der Waals surface area contributed by atoms with Crippen molar-refractivity contribution in [2.24, 2.45) is 12.8 Å². The van der Waals surface area contributed by atoms with Gasteiger partial charge in [-0.25, -0.2) is 9.97 Å². The number of aryl methyl sites for hydroxylation is 1. The molecule has 2 heterocycles. The van der Waals surface area contributed by atoms with E-state index >= 15 is 0 Å². The van der Waals surface area contributed by atoms with Gasteiger partial charge in [-0.15, -0.1) is 0 Å². The van der Waals surface area contributed by atoms with Crippen LogP contribution in [-0.4, -0.2) is 14.5 Å². The summed E-state index contributed by atoms with van der Waals surface area (Å²) in [5.41, 5.74) is 5.03. The van der Waals surface area contributed by atoms with Crippen molar-refractivity contribution in [1.29, 1.82) is 0 Å². The maximum Gasteiger partial charge on any atom is 0.433 e. The maximum atomic E-state index is 12.6. The molecule has 2 aromatic rings. The number of alkyl halides is 3. The second-order valence-corrected chi connectivity index (χ2v) is 5.48. The Morgan fingerprint density at radius 2 is 1.76 bits per heavy atom. The first-order chi connectivity index (χ1) is 9.52. The Morgan fingerprint density at radius 3 is 2.19 bits per heavy atom. The van der Waals surface area contributed by atoms with E-state index < -0.39 is 17.4 Å². The van der Waals surface area contributed by atoms with Gasteiger partial charge < -0.3 is 10.3 Å². The van der Waals surface area contributed by atoms with Crippen LogP contribution >= 0.6 is 0 Å². The molecule has 0 unspecified atom stereocenters. The van der Waals surface area contributed by atoms with Crippen molar-refractivity contribution in [1.82, 2.24) is 14.5 Å². The zero-order valence-corrected chi connectivity index (χ0v) is 12.9. The molecule has 0 amide bonds. The van der Waals surface area contributed by atoms with E-state index in [4.69, 9.17) is 5.73 Å². The number of nitrogens with zero attached hydrogens (tertiary/aromatic N) is 3. The number of imidazole rings is 1. The lowest BCUT2D eigenvalue weighted by atomic mass is 10.1. The second-order valence-electron chi connectivity index (χ2n) is 5.48. The first kappa shape index (κ1) is 17.4. The van der Waals surface area contributed by atoms with Crippen LogP contribution in [0.2, 0.25) is 0 Å². The summed E-state index contributed by atoms with van der Waals surface area (Å²) in [6.07, 6.45) is -2.09. The highest BCUT2D eigenvalue weighted by Gasteiger charge is 2.33. The van der Waals surface area contributed by atoms with Crippen molar-refractivity contribution in [3.63, 3.8) is 0 Å². The van der Waals surface area contributed by atoms with Crippen molar-refractivity contribution in [2.45, 2.75) is 45.8 Å². The molecule has 0 saturated carbocycles. The zero-order valence-electron chi connectivity index (χ0n) is 12.9. The van der Waals surface area contributed by atoms with Crippen LogP contribution in [0.1, 0.15) is 45.6 Å². The fourth-order valence-electron chi connectivity index (χ4n) is 1.83. The SMILES string of the molecule is CCC.Cn1c(C(C)(C)N)nc2cnc(C(F)(F)F)cc21. The van der Waals surface area contributed by atoms with Crippen LogP contribution in [0, 0.1) is 0 Å². The highest BCUT2D eigenvalue weighted by Crippen LogP contribution is 2.30. The molecule has 2 N–H and O–H groups in total. The third-order valence-electron chi connectivity index (χ3n) is 2.63. The number of hydrogen-bond acceptors (Lipinski definition) is 3. The lowest BCUT2D eigenvalue weighted by Gasteiger charge is -2.17. The predicted octanol–water partition coefficient (Wildman–Crippen LogP) is 3.60. The molecule has 0 spiro atoms. The van der Waals surface area contributed by atoms with Crippen molar-refractivity contribution in [3.05, 3.63) is 23.8 Å². The molecule has 118 valence electrons. The minimum absolute atomic E-state index is 0.367. The molecule has 2 aromatic heterocycles. The number of halogens is 3. The average molecular weight is 302 g/mol. The number of nitrogens with two attached hydrogens (primary N) is 1. The van der Waals surface area contributed by atoms with Crippen LogP contribution in [0.3, 0.4) is 0 Å². The molecule has 0 radical (unpaired) electrons. The van der Waals surface area contributed by atoms with E-state index in [1.165, 1.54) is 6.42 Å². The Bertz CT molecular complexity index is 609. The van der Waals surface area contributed by atoms with E-state index in [-0.39, 0.29) is 0 Å². The number of rotatable bonds is 1. The van der Waals surface area contributed by atoms with Crippen LogP contribution in [0.15, 0.2) is 12.3 Å². The molecule has 2 rings (SSSR count). The first-order valence-electron chi connectivity index (χ1n) is 6.71. The van der Waals surface area contributed by atoms with E-state index in [9.17, 15) is 13.2 Å². The lowest BCUT2D eigenvalue weighted by Crippen LogP contribution is -2.32. The molecule has 7 heteroatoms. The minimum Gasteiger partial charge on any atom is -0.329 e. The molecular weight excluding hydrogens is 281 g/mol. The molecular formula is C14H21F3N4. The lowest BCUT2D eigenvalue weighted by molar-refractivity contribution is -0.141. The summed E-state index contributed by atoms with van der Waals surface area (Å²) >= 11 is 0. The molecule has 0 saturated heterocycles. The fraction of sp³-hybridized carbons (Fsp3) is 0.571. The molecule has 4 nitrogen and oxygen atoms in total. The van der Waals surface area contributed by atoms with Crippen LogP contribution < -0.4 is 5.73 Å². The average Bonchev–Trinajstić information content (AvgIpc) is 2.66. The maximum absolute atomic E-state index is 12.6. The molecule has 21 heavy (non-hydrogen) atoms. The number of aromatic nitrogens is 3. The third-order valence-corrected chi connectivity index (χ3v) is 2.63. The minimum atomic E-state index is -4.46. The van der Waals surface area contributed by atoms with Crippen molar-refractivity contribution < 1.29 is 13.2 Å². The Hall–Kier alpha value is -1.63. The van der Waals surface area contributed by atoms with E-state index in [0.29, 0.717) is 16.9 Å². The second kappa shape index (κ2) is 6.01. The molecule has 0 fully saturated rings. The quantitative estimate of drug-likeness (QED) is 0.875. The van der Waals surface area contributed by atoms with E-state index in [1.807, 2.05) is 0 Å². The van der Waals surface area contributed by atoms with Crippen LogP contribution in [0.4, 0.5) is 13.2 Å². The van der Waals surface area contributed by atoms with Gasteiger partial charge in [0, 0.05) is 7.05 Å². The van der Waals surface area contributed by atoms with Gasteiger partial charge in [-0.05, 0) is 19.9 Å². The highest BCUT2D eigenvalue weighted by atomic mass is 19.4. The Balaban J connectivity index is 0.000000677. The summed E-state index contributed by atoms with van der Waals surface area (Å²) in [4.78, 5) is 7.59. The van der Waals surface area contributed by atoms with Gasteiger partial charge in [-0.3, -0.25) is 0 Å². The highest BCUT2D eigenvalue weighted by molar-refractivity contribution is 5.75. The normalized spacial score (nSPS) is 12.2. The van der Waals surface area contributed by atoms with Gasteiger partial charge in [0.25, 0.3) is 0 Å². The summed E-state index contributed by atoms with van der Waals surface area (Å²) < 4.78 is 39.3. The van der Waals surface area contributed by atoms with Gasteiger partial charge in [0.15, 0.2) is 0 Å². The van der Waals surface area contributed by atoms with Gasteiger partial charge >= 0.3 is 6.18 Å². The molecule has 0 aliphatic carbocycles. The number of pyridine rings is 1. The van der Waals surface area contributed by atoms with Gasteiger partial charge in [-0.1, -0.05) is 20.3 Å². The monoisotopic (exact) mass is 302 g/mol. The Kier molecular flexibility index (Phi) is 4.99. The molecule has 0 aromatic carbocycles. The summed E-state index contributed by atoms with van der Waals surface area (Å²) in [5.74, 6) is 0.513. The Labute approximate surface area is 122 Å². The van der Waals surface area contributed by atoms with Crippen LogP contribution in [0.5, 0.6) is 0 Å². The van der Waals surface area contributed by atoms with Gasteiger partial charge in [0.05, 0.1) is 17.3 Å². The molecule has 0 atom stereocenters. The number of fused-ring (bicyclic) bond motifs is 1. The van der Waals surface area contributed by atoms with Crippen molar-refractivity contribution in [3.8, 4) is 0 Å². The van der Waals surface area contributed by atoms with Crippen LogP contribution in [0.25, 0.3) is 11.0 Å².